The van der Waals surface area contributed by atoms with E-state index in [1.165, 1.54) is 6.92 Å². The molecule has 0 saturated heterocycles. The maximum absolute atomic E-state index is 11.9. The van der Waals surface area contributed by atoms with Crippen molar-refractivity contribution in [2.24, 2.45) is 5.41 Å². The zero-order valence-corrected chi connectivity index (χ0v) is 21.7. The number of allylic oxidation sites excluding steroid dienone is 2. The summed E-state index contributed by atoms with van der Waals surface area (Å²) in [5.74, 6) is 0.140. The molecule has 0 spiro atoms. The summed E-state index contributed by atoms with van der Waals surface area (Å²) >= 11 is 13.8. The molecule has 0 aromatic rings. The number of hydrogen-bond donors (Lipinski definition) is 3. The first kappa shape index (κ1) is 26.8. The third kappa shape index (κ3) is 10.2. The van der Waals surface area contributed by atoms with Gasteiger partial charge in [0, 0.05) is 21.3 Å². The average molecular weight is 660 g/mol. The summed E-state index contributed by atoms with van der Waals surface area (Å²) in [6.07, 6.45) is 2.85. The Hall–Kier alpha value is 1.76. The number of hydrogen-bond acceptors (Lipinski definition) is 4. The fourth-order valence-electron chi connectivity index (χ4n) is 2.66. The lowest BCUT2D eigenvalue weighted by Crippen LogP contribution is -2.27. The fourth-order valence-corrected chi connectivity index (χ4v) is 7.00. The SMILES string of the molecule is CC(OP(=O)(O)OP(=O)(O)O)=C(CCBr)C(CCBr)(CCBr)CCBr. The predicted octanol–water partition coefficient (Wildman–Crippen LogP) is 5.61. The molecule has 7 nitrogen and oxygen atoms in total. The second-order valence-corrected chi connectivity index (χ2v) is 11.1. The van der Waals surface area contributed by atoms with Crippen LogP contribution in [0.1, 0.15) is 32.6 Å². The number of phosphoric ester groups is 1. The van der Waals surface area contributed by atoms with Gasteiger partial charge in [-0.25, -0.2) is 9.13 Å². The zero-order valence-electron chi connectivity index (χ0n) is 13.5. The standard InChI is InChI=1S/C12H22Br4O7P2/c1-10(22-25(20,21)23-24(17,18)19)11(2-6-13)12(3-7-14,4-8-15)5-9-16/h2-9H2,1H3,(H,20,21)(H2,17,18,19). The van der Waals surface area contributed by atoms with Crippen LogP contribution in [-0.4, -0.2) is 36.0 Å². The molecule has 0 aromatic heterocycles. The predicted molar refractivity (Wildman–Crippen MR) is 113 cm³/mol. The van der Waals surface area contributed by atoms with E-state index in [-0.39, 0.29) is 11.2 Å². The van der Waals surface area contributed by atoms with Crippen LogP contribution in [0.3, 0.4) is 0 Å². The van der Waals surface area contributed by atoms with E-state index < -0.39 is 15.6 Å². The molecule has 1 unspecified atom stereocenters. The number of halogens is 4. The minimum atomic E-state index is -5.16. The Labute approximate surface area is 181 Å². The zero-order chi connectivity index (χ0) is 19.7. The summed E-state index contributed by atoms with van der Waals surface area (Å²) in [4.78, 5) is 27.1. The van der Waals surface area contributed by atoms with Crippen LogP contribution in [0.15, 0.2) is 11.3 Å². The first-order chi connectivity index (χ1) is 11.5. The van der Waals surface area contributed by atoms with Gasteiger partial charge in [-0.05, 0) is 43.6 Å². The summed E-state index contributed by atoms with van der Waals surface area (Å²) < 4.78 is 31.6. The van der Waals surface area contributed by atoms with Crippen molar-refractivity contribution >= 4 is 79.4 Å². The van der Waals surface area contributed by atoms with Gasteiger partial charge in [0.05, 0.1) is 0 Å². The minimum absolute atomic E-state index is 0.140. The van der Waals surface area contributed by atoms with Gasteiger partial charge in [-0.3, -0.25) is 4.89 Å². The Bertz CT molecular complexity index is 521. The van der Waals surface area contributed by atoms with E-state index in [0.29, 0.717) is 11.8 Å². The highest BCUT2D eigenvalue weighted by molar-refractivity contribution is 9.09. The van der Waals surface area contributed by atoms with E-state index in [1.54, 1.807) is 0 Å². The largest absolute Gasteiger partial charge is 0.536 e. The van der Waals surface area contributed by atoms with E-state index >= 15 is 0 Å². The molecule has 1 atom stereocenters. The van der Waals surface area contributed by atoms with Crippen molar-refractivity contribution in [2.75, 3.05) is 21.3 Å². The molecular weight excluding hydrogens is 638 g/mol. The van der Waals surface area contributed by atoms with Crippen LogP contribution in [-0.2, 0) is 18.0 Å². The monoisotopic (exact) mass is 656 g/mol. The lowest BCUT2D eigenvalue weighted by Gasteiger charge is -2.36. The molecule has 0 aliphatic heterocycles. The molecule has 0 heterocycles. The third-order valence-electron chi connectivity index (χ3n) is 3.59. The van der Waals surface area contributed by atoms with Gasteiger partial charge in [0.15, 0.2) is 0 Å². The van der Waals surface area contributed by atoms with Gasteiger partial charge in [0.1, 0.15) is 5.76 Å². The summed E-state index contributed by atoms with van der Waals surface area (Å²) in [6.45, 7) is 1.51. The van der Waals surface area contributed by atoms with Gasteiger partial charge in [-0.1, -0.05) is 63.7 Å². The van der Waals surface area contributed by atoms with Crippen LogP contribution in [0.2, 0.25) is 0 Å². The molecule has 13 heteroatoms. The van der Waals surface area contributed by atoms with Gasteiger partial charge in [0.2, 0.25) is 0 Å². The third-order valence-corrected chi connectivity index (χ3v) is 7.36. The number of rotatable bonds is 13. The highest BCUT2D eigenvalue weighted by Crippen LogP contribution is 2.59. The molecule has 0 aliphatic carbocycles. The van der Waals surface area contributed by atoms with E-state index in [9.17, 15) is 14.0 Å². The molecular formula is C12H22Br4O7P2. The topological polar surface area (TPSA) is 113 Å². The minimum Gasteiger partial charge on any atom is -0.409 e. The molecule has 25 heavy (non-hydrogen) atoms. The van der Waals surface area contributed by atoms with Crippen molar-refractivity contribution in [1.29, 1.82) is 0 Å². The van der Waals surface area contributed by atoms with Crippen molar-refractivity contribution in [3.8, 4) is 0 Å². The summed E-state index contributed by atoms with van der Waals surface area (Å²) in [5.41, 5.74) is 0.502. The van der Waals surface area contributed by atoms with E-state index in [1.807, 2.05) is 0 Å². The van der Waals surface area contributed by atoms with Crippen molar-refractivity contribution in [3.63, 3.8) is 0 Å². The van der Waals surface area contributed by atoms with Crippen molar-refractivity contribution in [1.82, 2.24) is 0 Å². The van der Waals surface area contributed by atoms with Crippen LogP contribution >= 0.6 is 79.4 Å². The Morgan fingerprint density at radius 3 is 1.68 bits per heavy atom. The second-order valence-electron chi connectivity index (χ2n) is 5.20. The molecule has 0 aromatic carbocycles. The number of alkyl halides is 4. The van der Waals surface area contributed by atoms with Gasteiger partial charge in [-0.2, -0.15) is 4.31 Å². The first-order valence-corrected chi connectivity index (χ1v) is 14.7. The first-order valence-electron chi connectivity index (χ1n) is 7.20. The molecule has 0 amide bonds. The van der Waals surface area contributed by atoms with Crippen LogP contribution in [0.4, 0.5) is 0 Å². The Balaban J connectivity index is 5.94. The Morgan fingerprint density at radius 1 is 0.920 bits per heavy atom. The van der Waals surface area contributed by atoms with E-state index in [4.69, 9.17) is 14.3 Å². The van der Waals surface area contributed by atoms with Crippen LogP contribution < -0.4 is 0 Å². The highest BCUT2D eigenvalue weighted by Gasteiger charge is 2.38. The lowest BCUT2D eigenvalue weighted by molar-refractivity contribution is 0.201. The molecule has 0 bridgehead atoms. The van der Waals surface area contributed by atoms with Crippen LogP contribution in [0, 0.1) is 5.41 Å². The Kier molecular flexibility index (Phi) is 13.2. The van der Waals surface area contributed by atoms with E-state index in [0.717, 1.165) is 40.8 Å². The number of phosphoric acid groups is 2. The molecule has 0 radical (unpaired) electrons. The van der Waals surface area contributed by atoms with Gasteiger partial charge in [-0.15, -0.1) is 0 Å². The smallest absolute Gasteiger partial charge is 0.409 e. The molecule has 3 N–H and O–H groups in total. The lowest BCUT2D eigenvalue weighted by atomic mass is 9.72. The maximum Gasteiger partial charge on any atom is 0.536 e. The fraction of sp³-hybridized carbons (Fsp3) is 0.833. The average Bonchev–Trinajstić information content (AvgIpc) is 2.41. The molecule has 0 fully saturated rings. The highest BCUT2D eigenvalue weighted by atomic mass is 79.9. The van der Waals surface area contributed by atoms with Crippen molar-refractivity contribution in [2.45, 2.75) is 32.6 Å². The summed E-state index contributed by atoms with van der Waals surface area (Å²) in [6, 6.07) is 0. The summed E-state index contributed by atoms with van der Waals surface area (Å²) in [5, 5.41) is 2.78. The normalized spacial score (nSPS) is 16.3. The van der Waals surface area contributed by atoms with Crippen LogP contribution in [0.5, 0.6) is 0 Å². The maximum atomic E-state index is 11.9. The summed E-state index contributed by atoms with van der Waals surface area (Å²) in [7, 11) is -10.1. The molecule has 0 aliphatic rings. The quantitative estimate of drug-likeness (QED) is 0.134. The Morgan fingerprint density at radius 2 is 1.36 bits per heavy atom. The van der Waals surface area contributed by atoms with Crippen molar-refractivity contribution in [3.05, 3.63) is 11.3 Å². The molecule has 150 valence electrons. The van der Waals surface area contributed by atoms with Gasteiger partial charge < -0.3 is 14.3 Å². The van der Waals surface area contributed by atoms with Gasteiger partial charge in [0.25, 0.3) is 0 Å². The molecule has 0 saturated carbocycles. The van der Waals surface area contributed by atoms with E-state index in [2.05, 4.69) is 68.0 Å². The van der Waals surface area contributed by atoms with Crippen molar-refractivity contribution < 1.29 is 32.6 Å². The second kappa shape index (κ2) is 12.3. The van der Waals surface area contributed by atoms with Gasteiger partial charge >= 0.3 is 15.6 Å². The molecule has 0 rings (SSSR count). The van der Waals surface area contributed by atoms with Crippen LogP contribution in [0.25, 0.3) is 0 Å².